The van der Waals surface area contributed by atoms with Gasteiger partial charge in [-0.15, -0.1) is 0 Å². The highest BCUT2D eigenvalue weighted by molar-refractivity contribution is 5.93. The fourth-order valence-corrected chi connectivity index (χ4v) is 5.07. The molecule has 8 nitrogen and oxygen atoms in total. The van der Waals surface area contributed by atoms with Crippen LogP contribution in [0.25, 0.3) is 21.5 Å². The van der Waals surface area contributed by atoms with Crippen molar-refractivity contribution in [3.05, 3.63) is 71.8 Å². The molecule has 41 heavy (non-hydrogen) atoms. The summed E-state index contributed by atoms with van der Waals surface area (Å²) in [5, 5.41) is 4.40. The van der Waals surface area contributed by atoms with E-state index in [1.807, 2.05) is 12.1 Å². The first kappa shape index (κ1) is 25.2. The molecule has 0 amide bonds. The summed E-state index contributed by atoms with van der Waals surface area (Å²) in [6, 6.07) is 20.8. The summed E-state index contributed by atoms with van der Waals surface area (Å²) in [4.78, 5) is 0. The van der Waals surface area contributed by atoms with E-state index >= 15 is 0 Å². The number of benzene rings is 4. The molecule has 4 aliphatic heterocycles. The second kappa shape index (κ2) is 10.7. The minimum Gasteiger partial charge on any atom is -0.491 e. The molecule has 4 atom stereocenters. The minimum atomic E-state index is 0.150. The van der Waals surface area contributed by atoms with E-state index in [1.165, 1.54) is 0 Å². The SMILES string of the molecule is c1cc2ccc(OCC3CO3)c(Cc3c(OC[C@@H]4CO4)ccc4ccc(OCC5CO5)cc34)c2cc1OCC1CO1. The maximum atomic E-state index is 6.36. The molecule has 212 valence electrons. The van der Waals surface area contributed by atoms with Gasteiger partial charge in [0.15, 0.2) is 0 Å². The van der Waals surface area contributed by atoms with Crippen molar-refractivity contribution in [2.75, 3.05) is 52.9 Å². The monoisotopic (exact) mass is 556 g/mol. The summed E-state index contributed by atoms with van der Waals surface area (Å²) < 4.78 is 46.4. The van der Waals surface area contributed by atoms with Gasteiger partial charge in [-0.05, 0) is 57.9 Å². The van der Waals surface area contributed by atoms with Crippen LogP contribution < -0.4 is 18.9 Å². The Morgan fingerprint density at radius 2 is 0.854 bits per heavy atom. The third-order valence-corrected chi connectivity index (χ3v) is 7.81. The molecule has 4 aromatic carbocycles. The normalized spacial score (nSPS) is 23.8. The van der Waals surface area contributed by atoms with Gasteiger partial charge in [0.25, 0.3) is 0 Å². The van der Waals surface area contributed by atoms with Gasteiger partial charge in [0.05, 0.1) is 26.4 Å². The molecule has 4 saturated heterocycles. The average Bonchev–Trinajstić information content (AvgIpc) is 3.83. The number of fused-ring (bicyclic) bond motifs is 2. The summed E-state index contributed by atoms with van der Waals surface area (Å²) in [7, 11) is 0. The first-order valence-corrected chi connectivity index (χ1v) is 14.3. The lowest BCUT2D eigenvalue weighted by molar-refractivity contribution is 0.259. The minimum absolute atomic E-state index is 0.150. The van der Waals surface area contributed by atoms with Crippen molar-refractivity contribution in [1.82, 2.24) is 0 Å². The van der Waals surface area contributed by atoms with E-state index in [4.69, 9.17) is 37.9 Å². The van der Waals surface area contributed by atoms with Crippen molar-refractivity contribution in [2.45, 2.75) is 30.8 Å². The summed E-state index contributed by atoms with van der Waals surface area (Å²) in [5.41, 5.74) is 2.16. The summed E-state index contributed by atoms with van der Waals surface area (Å²) in [5.74, 6) is 3.30. The van der Waals surface area contributed by atoms with Gasteiger partial charge >= 0.3 is 0 Å². The maximum Gasteiger partial charge on any atom is 0.123 e. The van der Waals surface area contributed by atoms with Crippen LogP contribution >= 0.6 is 0 Å². The fraction of sp³-hybridized carbons (Fsp3) is 0.394. The summed E-state index contributed by atoms with van der Waals surface area (Å²) in [6.45, 7) is 5.14. The van der Waals surface area contributed by atoms with E-state index in [-0.39, 0.29) is 24.4 Å². The Morgan fingerprint density at radius 1 is 0.488 bits per heavy atom. The van der Waals surface area contributed by atoms with Gasteiger partial charge in [-0.1, -0.05) is 24.3 Å². The molecule has 4 aromatic rings. The number of rotatable bonds is 14. The summed E-state index contributed by atoms with van der Waals surface area (Å²) >= 11 is 0. The van der Waals surface area contributed by atoms with Crippen molar-refractivity contribution < 1.29 is 37.9 Å². The largest absolute Gasteiger partial charge is 0.491 e. The smallest absolute Gasteiger partial charge is 0.123 e. The molecule has 0 aromatic heterocycles. The first-order valence-electron chi connectivity index (χ1n) is 14.3. The van der Waals surface area contributed by atoms with Gasteiger partial charge in [-0.25, -0.2) is 0 Å². The zero-order valence-corrected chi connectivity index (χ0v) is 22.7. The van der Waals surface area contributed by atoms with Gasteiger partial charge in [0.2, 0.25) is 0 Å². The molecule has 4 aliphatic rings. The Labute approximate surface area is 237 Å². The van der Waals surface area contributed by atoms with E-state index in [1.54, 1.807) is 0 Å². The average molecular weight is 557 g/mol. The molecule has 8 rings (SSSR count). The highest BCUT2D eigenvalue weighted by atomic mass is 16.6. The Bertz CT molecular complexity index is 1440. The molecular weight excluding hydrogens is 524 g/mol. The predicted molar refractivity (Wildman–Crippen MR) is 152 cm³/mol. The Balaban J connectivity index is 1.21. The molecular formula is C33H32O8. The zero-order chi connectivity index (χ0) is 27.2. The third-order valence-electron chi connectivity index (χ3n) is 7.81. The van der Waals surface area contributed by atoms with Crippen molar-refractivity contribution in [3.8, 4) is 23.0 Å². The lowest BCUT2D eigenvalue weighted by atomic mass is 9.93. The number of hydrogen-bond donors (Lipinski definition) is 0. The van der Waals surface area contributed by atoms with Crippen molar-refractivity contribution in [2.24, 2.45) is 0 Å². The van der Waals surface area contributed by atoms with Crippen LogP contribution in [-0.2, 0) is 25.4 Å². The highest BCUT2D eigenvalue weighted by Gasteiger charge is 2.27. The van der Waals surface area contributed by atoms with Gasteiger partial charge in [-0.2, -0.15) is 0 Å². The van der Waals surface area contributed by atoms with Gasteiger partial charge in [0, 0.05) is 17.5 Å². The van der Waals surface area contributed by atoms with E-state index < -0.39 is 0 Å². The zero-order valence-electron chi connectivity index (χ0n) is 22.7. The van der Waals surface area contributed by atoms with Crippen LogP contribution in [0.4, 0.5) is 0 Å². The van der Waals surface area contributed by atoms with Gasteiger partial charge in [-0.3, -0.25) is 0 Å². The second-order valence-corrected chi connectivity index (χ2v) is 11.1. The van der Waals surface area contributed by atoms with Crippen LogP contribution in [0.5, 0.6) is 23.0 Å². The molecule has 0 bridgehead atoms. The van der Waals surface area contributed by atoms with Crippen molar-refractivity contribution in [3.63, 3.8) is 0 Å². The van der Waals surface area contributed by atoms with Crippen LogP contribution in [0.2, 0.25) is 0 Å². The van der Waals surface area contributed by atoms with Gasteiger partial charge in [0.1, 0.15) is 73.8 Å². The molecule has 0 saturated carbocycles. The third kappa shape index (κ3) is 6.06. The molecule has 0 N–H and O–H groups in total. The number of hydrogen-bond acceptors (Lipinski definition) is 8. The number of ether oxygens (including phenoxy) is 8. The highest BCUT2D eigenvalue weighted by Crippen LogP contribution is 2.39. The first-order chi connectivity index (χ1) is 20.2. The lowest BCUT2D eigenvalue weighted by Gasteiger charge is -2.19. The van der Waals surface area contributed by atoms with E-state index in [9.17, 15) is 0 Å². The Morgan fingerprint density at radius 3 is 1.24 bits per heavy atom. The molecule has 3 unspecified atom stereocenters. The maximum absolute atomic E-state index is 6.36. The molecule has 4 fully saturated rings. The van der Waals surface area contributed by atoms with Crippen molar-refractivity contribution in [1.29, 1.82) is 0 Å². The molecule has 0 spiro atoms. The quantitative estimate of drug-likeness (QED) is 0.207. The topological polar surface area (TPSA) is 87.0 Å². The van der Waals surface area contributed by atoms with Crippen LogP contribution in [0.1, 0.15) is 11.1 Å². The second-order valence-electron chi connectivity index (χ2n) is 11.1. The van der Waals surface area contributed by atoms with Crippen LogP contribution in [-0.4, -0.2) is 77.3 Å². The molecule has 4 heterocycles. The Kier molecular flexibility index (Phi) is 6.56. The standard InChI is InChI=1S/C33H32O8/c1-5-22(34-12-24-14-36-24)9-28-20(1)3-7-32(40-18-26-16-38-26)30(28)11-31-29-10-23(35-13-25-15-37-25)6-2-21(29)4-8-33(31)41-19-27-17-39-27/h1-10,24-27H,11-19H2/t24?,25?,26-,27?/m0/s1. The summed E-state index contributed by atoms with van der Waals surface area (Å²) in [6.07, 6.45) is 1.27. The molecule has 8 heteroatoms. The van der Waals surface area contributed by atoms with E-state index in [0.717, 1.165) is 82.1 Å². The Hall–Kier alpha value is -3.56. The lowest BCUT2D eigenvalue weighted by Crippen LogP contribution is -2.09. The fourth-order valence-electron chi connectivity index (χ4n) is 5.07. The van der Waals surface area contributed by atoms with E-state index in [0.29, 0.717) is 32.8 Å². The van der Waals surface area contributed by atoms with Crippen LogP contribution in [0.3, 0.4) is 0 Å². The van der Waals surface area contributed by atoms with Gasteiger partial charge < -0.3 is 37.9 Å². The predicted octanol–water partition coefficient (Wildman–Crippen LogP) is 4.69. The van der Waals surface area contributed by atoms with Crippen LogP contribution in [0, 0.1) is 0 Å². The van der Waals surface area contributed by atoms with Crippen LogP contribution in [0.15, 0.2) is 60.7 Å². The molecule has 0 aliphatic carbocycles. The van der Waals surface area contributed by atoms with Crippen molar-refractivity contribution >= 4 is 21.5 Å². The number of epoxide rings is 4. The molecule has 0 radical (unpaired) electrons. The van der Waals surface area contributed by atoms with E-state index in [2.05, 4.69) is 48.5 Å².